The first kappa shape index (κ1) is 13.0. The van der Waals surface area contributed by atoms with E-state index in [-0.39, 0.29) is 0 Å². The monoisotopic (exact) mass is 210 g/mol. The third-order valence-corrected chi connectivity index (χ3v) is 2.22. The van der Waals surface area contributed by atoms with Crippen molar-refractivity contribution in [1.82, 2.24) is 9.97 Å². The maximum atomic E-state index is 4.29. The maximum Gasteiger partial charge on any atom is 0.0908 e. The number of hydrogen-bond acceptors (Lipinski definition) is 3. The lowest BCUT2D eigenvalue weighted by atomic mass is 10.4. The molecule has 0 aliphatic rings. The molecule has 0 aliphatic heterocycles. The fraction of sp³-hybridized carbons (Fsp3) is 0.455. The van der Waals surface area contributed by atoms with Crippen LogP contribution in [0.3, 0.4) is 0 Å². The van der Waals surface area contributed by atoms with Crippen molar-refractivity contribution in [1.29, 1.82) is 0 Å². The Hall–Kier alpha value is -0.960. The Kier molecular flexibility index (Phi) is 6.93. The van der Waals surface area contributed by atoms with Crippen molar-refractivity contribution in [3.8, 4) is 0 Å². The minimum absolute atomic E-state index is 1.05. The molecule has 2 heterocycles. The number of fused-ring (bicyclic) bond motifs is 1. The van der Waals surface area contributed by atoms with E-state index >= 15 is 0 Å². The second kappa shape index (κ2) is 7.44. The molecule has 0 unspecified atom stereocenters. The predicted molar refractivity (Wildman–Crippen MR) is 64.8 cm³/mol. The Balaban J connectivity index is 0.000000379. The Bertz CT molecular complexity index is 322. The molecule has 3 heteroatoms. The number of aromatic nitrogens is 2. The Morgan fingerprint density at radius 2 is 1.79 bits per heavy atom. The van der Waals surface area contributed by atoms with Crippen molar-refractivity contribution in [3.05, 3.63) is 23.5 Å². The van der Waals surface area contributed by atoms with E-state index in [1.54, 1.807) is 17.5 Å². The summed E-state index contributed by atoms with van der Waals surface area (Å²) < 4.78 is 1.17. The zero-order chi connectivity index (χ0) is 11.0. The summed E-state index contributed by atoms with van der Waals surface area (Å²) in [5, 5.41) is 1.10. The second-order valence-electron chi connectivity index (χ2n) is 2.08. The molecule has 2 aromatic rings. The average molecular weight is 210 g/mol. The minimum atomic E-state index is 1.05. The smallest absolute Gasteiger partial charge is 0.0908 e. The number of hydrogen-bond donors (Lipinski definition) is 0. The summed E-state index contributed by atoms with van der Waals surface area (Å²) in [6.07, 6.45) is 3.61. The Labute approximate surface area is 90.0 Å². The molecule has 14 heavy (non-hydrogen) atoms. The molecule has 0 fully saturated rings. The molecule has 78 valence electrons. The van der Waals surface area contributed by atoms with Crippen LogP contribution in [0, 0.1) is 6.92 Å². The fourth-order valence-electron chi connectivity index (χ4n) is 0.895. The van der Waals surface area contributed by atoms with Gasteiger partial charge in [-0.05, 0) is 13.0 Å². The van der Waals surface area contributed by atoms with Crippen LogP contribution in [-0.4, -0.2) is 9.97 Å². The Morgan fingerprint density at radius 3 is 2.36 bits per heavy atom. The molecule has 0 bridgehead atoms. The van der Waals surface area contributed by atoms with Crippen LogP contribution in [-0.2, 0) is 0 Å². The number of aryl methyl sites for hydroxylation is 1. The molecule has 0 N–H and O–H groups in total. The zero-order valence-corrected chi connectivity index (χ0v) is 10.4. The van der Waals surface area contributed by atoms with E-state index in [1.165, 1.54) is 4.70 Å². The molecule has 2 aromatic heterocycles. The van der Waals surface area contributed by atoms with E-state index in [9.17, 15) is 0 Å². The van der Waals surface area contributed by atoms with Crippen LogP contribution in [0.2, 0.25) is 0 Å². The lowest BCUT2D eigenvalue weighted by molar-refractivity contribution is 1.32. The van der Waals surface area contributed by atoms with Crippen molar-refractivity contribution in [2.24, 2.45) is 0 Å². The van der Waals surface area contributed by atoms with Gasteiger partial charge in [-0.1, -0.05) is 27.7 Å². The fourth-order valence-corrected chi connectivity index (χ4v) is 1.69. The summed E-state index contributed by atoms with van der Waals surface area (Å²) in [6, 6.07) is 1.93. The third kappa shape index (κ3) is 3.42. The van der Waals surface area contributed by atoms with Gasteiger partial charge >= 0.3 is 0 Å². The lowest BCUT2D eigenvalue weighted by Crippen LogP contribution is -1.68. The van der Waals surface area contributed by atoms with Crippen LogP contribution in [0.25, 0.3) is 10.2 Å². The van der Waals surface area contributed by atoms with Crippen LogP contribution < -0.4 is 0 Å². The standard InChI is InChI=1S/C7H6N2S.2C2H6/c1-5-9-6-2-3-8-4-7(6)10-5;2*1-2/h2-4H,1H3;2*1-2H3. The number of nitrogens with zero attached hydrogens (tertiary/aromatic N) is 2. The molecule has 2 rings (SSSR count). The highest BCUT2D eigenvalue weighted by atomic mass is 32.1. The van der Waals surface area contributed by atoms with Gasteiger partial charge in [0, 0.05) is 12.4 Å². The molecule has 0 aliphatic carbocycles. The molecule has 0 aromatic carbocycles. The number of rotatable bonds is 0. The lowest BCUT2D eigenvalue weighted by Gasteiger charge is -1.80. The average Bonchev–Trinajstić information content (AvgIpc) is 2.64. The molecule has 0 amide bonds. The molecule has 0 radical (unpaired) electrons. The molecule has 0 atom stereocenters. The van der Waals surface area contributed by atoms with Gasteiger partial charge in [0.2, 0.25) is 0 Å². The second-order valence-corrected chi connectivity index (χ2v) is 3.31. The van der Waals surface area contributed by atoms with Crippen LogP contribution >= 0.6 is 11.3 Å². The number of pyridine rings is 1. The van der Waals surface area contributed by atoms with E-state index in [1.807, 2.05) is 46.9 Å². The predicted octanol–water partition coefficient (Wildman–Crippen LogP) is 4.05. The first-order valence-electron chi connectivity index (χ1n) is 5.03. The molecular weight excluding hydrogens is 192 g/mol. The molecular formula is C11H18N2S. The van der Waals surface area contributed by atoms with Crippen molar-refractivity contribution < 1.29 is 0 Å². The van der Waals surface area contributed by atoms with Crippen LogP contribution in [0.15, 0.2) is 18.5 Å². The topological polar surface area (TPSA) is 25.8 Å². The highest BCUT2D eigenvalue weighted by Gasteiger charge is 1.96. The van der Waals surface area contributed by atoms with Crippen LogP contribution in [0.1, 0.15) is 32.7 Å². The SMILES string of the molecule is CC.CC.Cc1nc2ccncc2s1. The van der Waals surface area contributed by atoms with Gasteiger partial charge in [0.15, 0.2) is 0 Å². The van der Waals surface area contributed by atoms with E-state index in [2.05, 4.69) is 9.97 Å². The van der Waals surface area contributed by atoms with Gasteiger partial charge in [0.1, 0.15) is 0 Å². The summed E-state index contributed by atoms with van der Waals surface area (Å²) in [4.78, 5) is 8.29. The van der Waals surface area contributed by atoms with Crippen molar-refractivity contribution in [2.45, 2.75) is 34.6 Å². The first-order chi connectivity index (χ1) is 6.86. The van der Waals surface area contributed by atoms with E-state index < -0.39 is 0 Å². The van der Waals surface area contributed by atoms with Crippen molar-refractivity contribution >= 4 is 21.6 Å². The highest BCUT2D eigenvalue weighted by molar-refractivity contribution is 7.18. The van der Waals surface area contributed by atoms with Gasteiger partial charge in [-0.3, -0.25) is 4.98 Å². The quantitative estimate of drug-likeness (QED) is 0.655. The van der Waals surface area contributed by atoms with Gasteiger partial charge in [-0.25, -0.2) is 4.98 Å². The maximum absolute atomic E-state index is 4.29. The molecule has 2 nitrogen and oxygen atoms in total. The summed E-state index contributed by atoms with van der Waals surface area (Å²) in [5.74, 6) is 0. The van der Waals surface area contributed by atoms with Gasteiger partial charge in [0.05, 0.1) is 15.2 Å². The van der Waals surface area contributed by atoms with Crippen molar-refractivity contribution in [3.63, 3.8) is 0 Å². The summed E-state index contributed by atoms with van der Waals surface area (Å²) in [7, 11) is 0. The van der Waals surface area contributed by atoms with Gasteiger partial charge < -0.3 is 0 Å². The van der Waals surface area contributed by atoms with E-state index in [4.69, 9.17) is 0 Å². The first-order valence-corrected chi connectivity index (χ1v) is 5.85. The summed E-state index contributed by atoms with van der Waals surface area (Å²) in [6.45, 7) is 10.0. The Morgan fingerprint density at radius 1 is 1.14 bits per heavy atom. The third-order valence-electron chi connectivity index (χ3n) is 1.30. The highest BCUT2D eigenvalue weighted by Crippen LogP contribution is 2.18. The van der Waals surface area contributed by atoms with E-state index in [0.717, 1.165) is 10.5 Å². The van der Waals surface area contributed by atoms with Gasteiger partial charge in [-0.2, -0.15) is 0 Å². The van der Waals surface area contributed by atoms with Crippen LogP contribution in [0.5, 0.6) is 0 Å². The van der Waals surface area contributed by atoms with Gasteiger partial charge in [-0.15, -0.1) is 11.3 Å². The number of thiazole rings is 1. The zero-order valence-electron chi connectivity index (χ0n) is 9.53. The van der Waals surface area contributed by atoms with Gasteiger partial charge in [0.25, 0.3) is 0 Å². The molecule has 0 saturated carbocycles. The molecule has 0 saturated heterocycles. The van der Waals surface area contributed by atoms with Crippen molar-refractivity contribution in [2.75, 3.05) is 0 Å². The van der Waals surface area contributed by atoms with E-state index in [0.29, 0.717) is 0 Å². The minimum Gasteiger partial charge on any atom is -0.263 e. The largest absolute Gasteiger partial charge is 0.263 e. The molecule has 0 spiro atoms. The van der Waals surface area contributed by atoms with Crippen LogP contribution in [0.4, 0.5) is 0 Å². The summed E-state index contributed by atoms with van der Waals surface area (Å²) in [5.41, 5.74) is 1.05. The normalized spacial score (nSPS) is 8.36. The summed E-state index contributed by atoms with van der Waals surface area (Å²) >= 11 is 1.68.